The molecule has 0 amide bonds. The van der Waals surface area contributed by atoms with Gasteiger partial charge in [-0.3, -0.25) is 9.78 Å². The Morgan fingerprint density at radius 1 is 0.867 bits per heavy atom. The summed E-state index contributed by atoms with van der Waals surface area (Å²) in [6.45, 7) is 2.73. The second-order valence-electron chi connectivity index (χ2n) is 6.66. The zero-order valence-corrected chi connectivity index (χ0v) is 17.4. The van der Waals surface area contributed by atoms with Gasteiger partial charge in [0.15, 0.2) is 5.75 Å². The van der Waals surface area contributed by atoms with Gasteiger partial charge in [-0.2, -0.15) is 0 Å². The van der Waals surface area contributed by atoms with E-state index in [0.29, 0.717) is 0 Å². The number of benzene rings is 3. The maximum absolute atomic E-state index is 13.0. The van der Waals surface area contributed by atoms with E-state index in [-0.39, 0.29) is 15.5 Å². The second-order valence-corrected chi connectivity index (χ2v) is 8.58. The SMILES string of the molecule is CC(=O)OOc1ccccc1S(=O)(=O)c1ccc(CCNCc2ccccc2)cc1. The molecule has 0 aliphatic heterocycles. The zero-order valence-electron chi connectivity index (χ0n) is 16.6. The average molecular weight is 426 g/mol. The van der Waals surface area contributed by atoms with Gasteiger partial charge in [-0.05, 0) is 48.4 Å². The minimum atomic E-state index is -3.83. The van der Waals surface area contributed by atoms with Gasteiger partial charge < -0.3 is 5.32 Å². The van der Waals surface area contributed by atoms with Crippen molar-refractivity contribution in [3.63, 3.8) is 0 Å². The highest BCUT2D eigenvalue weighted by atomic mass is 32.2. The van der Waals surface area contributed by atoms with E-state index in [1.807, 2.05) is 18.2 Å². The summed E-state index contributed by atoms with van der Waals surface area (Å²) in [4.78, 5) is 20.4. The van der Waals surface area contributed by atoms with Crippen molar-refractivity contribution in [3.8, 4) is 5.75 Å². The van der Waals surface area contributed by atoms with E-state index in [0.717, 1.165) is 25.1 Å². The van der Waals surface area contributed by atoms with E-state index < -0.39 is 15.8 Å². The number of hydrogen-bond acceptors (Lipinski definition) is 6. The minimum absolute atomic E-state index is 0.0399. The van der Waals surface area contributed by atoms with Gasteiger partial charge in [0, 0.05) is 13.5 Å². The zero-order chi connectivity index (χ0) is 21.4. The quantitative estimate of drug-likeness (QED) is 0.320. The predicted octanol–water partition coefficient (Wildman–Crippen LogP) is 3.71. The van der Waals surface area contributed by atoms with E-state index in [1.54, 1.807) is 36.4 Å². The van der Waals surface area contributed by atoms with Crippen LogP contribution in [0.5, 0.6) is 5.75 Å². The van der Waals surface area contributed by atoms with E-state index in [4.69, 9.17) is 4.89 Å². The van der Waals surface area contributed by atoms with Gasteiger partial charge in [-0.15, -0.1) is 0 Å². The number of carbonyl (C=O) groups excluding carboxylic acids is 1. The standard InChI is InChI=1S/C23H23NO5S/c1-18(25)28-29-22-9-5-6-10-23(22)30(26,27)21-13-11-19(12-14-21)15-16-24-17-20-7-3-2-4-8-20/h2-14,24H,15-17H2,1H3. The maximum Gasteiger partial charge on any atom is 0.352 e. The number of nitrogens with one attached hydrogen (secondary N) is 1. The normalized spacial score (nSPS) is 11.1. The Kier molecular flexibility index (Phi) is 7.21. The van der Waals surface area contributed by atoms with Crippen molar-refractivity contribution in [1.29, 1.82) is 0 Å². The summed E-state index contributed by atoms with van der Waals surface area (Å²) in [6, 6.07) is 22.9. The molecule has 0 aromatic heterocycles. The first-order chi connectivity index (χ1) is 14.5. The number of rotatable bonds is 9. The molecular weight excluding hydrogens is 402 g/mol. The lowest BCUT2D eigenvalue weighted by Gasteiger charge is -2.10. The average Bonchev–Trinajstić information content (AvgIpc) is 2.76. The molecule has 0 radical (unpaired) electrons. The van der Waals surface area contributed by atoms with Crippen LogP contribution in [0.4, 0.5) is 0 Å². The highest BCUT2D eigenvalue weighted by Crippen LogP contribution is 2.29. The molecule has 0 saturated carbocycles. The number of carbonyl (C=O) groups is 1. The Morgan fingerprint density at radius 3 is 2.23 bits per heavy atom. The maximum atomic E-state index is 13.0. The monoisotopic (exact) mass is 425 g/mol. The molecule has 0 saturated heterocycles. The molecule has 0 aliphatic rings. The summed E-state index contributed by atoms with van der Waals surface area (Å²) in [6.07, 6.45) is 0.777. The van der Waals surface area contributed by atoms with Crippen molar-refractivity contribution in [1.82, 2.24) is 5.32 Å². The molecule has 0 bridgehead atoms. The summed E-state index contributed by atoms with van der Waals surface area (Å²) in [7, 11) is -3.83. The minimum Gasteiger partial charge on any atom is -0.312 e. The van der Waals surface area contributed by atoms with Crippen LogP contribution in [0.25, 0.3) is 0 Å². The molecule has 30 heavy (non-hydrogen) atoms. The van der Waals surface area contributed by atoms with Crippen molar-refractivity contribution in [2.45, 2.75) is 29.7 Å². The first-order valence-electron chi connectivity index (χ1n) is 9.49. The molecule has 0 atom stereocenters. The molecule has 0 spiro atoms. The lowest BCUT2D eigenvalue weighted by atomic mass is 10.1. The summed E-state index contributed by atoms with van der Waals surface area (Å²) in [5, 5.41) is 3.38. The van der Waals surface area contributed by atoms with Crippen LogP contribution in [0.2, 0.25) is 0 Å². The third-order valence-electron chi connectivity index (χ3n) is 4.38. The molecular formula is C23H23NO5S. The van der Waals surface area contributed by atoms with Crippen molar-refractivity contribution in [2.75, 3.05) is 6.54 Å². The Bertz CT molecular complexity index is 1080. The number of sulfone groups is 1. The van der Waals surface area contributed by atoms with Gasteiger partial charge in [0.05, 0.1) is 4.90 Å². The lowest BCUT2D eigenvalue weighted by molar-refractivity contribution is -0.211. The Morgan fingerprint density at radius 2 is 1.53 bits per heavy atom. The summed E-state index contributed by atoms with van der Waals surface area (Å²) in [5.41, 5.74) is 2.24. The van der Waals surface area contributed by atoms with Crippen molar-refractivity contribution < 1.29 is 23.0 Å². The van der Waals surface area contributed by atoms with E-state index in [9.17, 15) is 13.2 Å². The predicted molar refractivity (Wildman–Crippen MR) is 113 cm³/mol. The largest absolute Gasteiger partial charge is 0.352 e. The molecule has 6 nitrogen and oxygen atoms in total. The smallest absolute Gasteiger partial charge is 0.312 e. The van der Waals surface area contributed by atoms with E-state index >= 15 is 0 Å². The van der Waals surface area contributed by atoms with E-state index in [1.165, 1.54) is 24.6 Å². The fourth-order valence-electron chi connectivity index (χ4n) is 2.87. The molecule has 1 N–H and O–H groups in total. The van der Waals surface area contributed by atoms with Crippen molar-refractivity contribution >= 4 is 15.8 Å². The Labute approximate surface area is 176 Å². The van der Waals surface area contributed by atoms with Gasteiger partial charge in [0.1, 0.15) is 4.90 Å². The Balaban J connectivity index is 1.64. The van der Waals surface area contributed by atoms with Crippen LogP contribution in [0, 0.1) is 0 Å². The van der Waals surface area contributed by atoms with E-state index in [2.05, 4.69) is 22.3 Å². The summed E-state index contributed by atoms with van der Waals surface area (Å²) < 4.78 is 26.0. The number of para-hydroxylation sites is 1. The van der Waals surface area contributed by atoms with Gasteiger partial charge >= 0.3 is 5.97 Å². The van der Waals surface area contributed by atoms with Crippen LogP contribution in [-0.4, -0.2) is 20.9 Å². The van der Waals surface area contributed by atoms with Crippen molar-refractivity contribution in [2.24, 2.45) is 0 Å². The molecule has 0 heterocycles. The summed E-state index contributed by atoms with van der Waals surface area (Å²) in [5.74, 6) is -0.714. The molecule has 3 rings (SSSR count). The van der Waals surface area contributed by atoms with Crippen LogP contribution < -0.4 is 10.2 Å². The highest BCUT2D eigenvalue weighted by molar-refractivity contribution is 7.91. The molecule has 0 aliphatic carbocycles. The van der Waals surface area contributed by atoms with Gasteiger partial charge in [-0.1, -0.05) is 54.6 Å². The molecule has 3 aromatic carbocycles. The van der Waals surface area contributed by atoms with Gasteiger partial charge in [0.25, 0.3) is 0 Å². The van der Waals surface area contributed by atoms with Crippen LogP contribution in [0.3, 0.4) is 0 Å². The molecule has 0 unspecified atom stereocenters. The molecule has 0 fully saturated rings. The first-order valence-corrected chi connectivity index (χ1v) is 11.0. The molecule has 7 heteroatoms. The Hall–Kier alpha value is -3.16. The molecule has 3 aromatic rings. The summed E-state index contributed by atoms with van der Waals surface area (Å²) >= 11 is 0. The molecule has 156 valence electrons. The van der Waals surface area contributed by atoms with Crippen molar-refractivity contribution in [3.05, 3.63) is 90.0 Å². The fraction of sp³-hybridized carbons (Fsp3) is 0.174. The topological polar surface area (TPSA) is 81.7 Å². The second kappa shape index (κ2) is 10.0. The lowest BCUT2D eigenvalue weighted by Crippen LogP contribution is -2.16. The van der Waals surface area contributed by atoms with Gasteiger partial charge in [-0.25, -0.2) is 13.2 Å². The van der Waals surface area contributed by atoms with Crippen LogP contribution >= 0.6 is 0 Å². The highest BCUT2D eigenvalue weighted by Gasteiger charge is 2.23. The van der Waals surface area contributed by atoms with Gasteiger partial charge in [0.2, 0.25) is 9.84 Å². The number of hydrogen-bond donors (Lipinski definition) is 1. The van der Waals surface area contributed by atoms with Crippen LogP contribution in [0.1, 0.15) is 18.1 Å². The fourth-order valence-corrected chi connectivity index (χ4v) is 4.24. The third kappa shape index (κ3) is 5.68. The third-order valence-corrected chi connectivity index (χ3v) is 6.19. The van der Waals surface area contributed by atoms with Crippen LogP contribution in [-0.2, 0) is 32.5 Å². The van der Waals surface area contributed by atoms with Crippen LogP contribution in [0.15, 0.2) is 88.7 Å². The first kappa shape index (κ1) is 21.5.